The first-order chi connectivity index (χ1) is 24.3. The van der Waals surface area contributed by atoms with E-state index in [9.17, 15) is 14.7 Å². The largest absolute Gasteiger partial charge is 0.481 e. The molecule has 4 aliphatic carbocycles. The van der Waals surface area contributed by atoms with Gasteiger partial charge in [-0.05, 0) is 114 Å². The number of hydrogen-bond acceptors (Lipinski definition) is 8. The predicted molar refractivity (Wildman–Crippen MR) is 197 cm³/mol. The molecule has 4 fully saturated rings. The fourth-order valence-electron chi connectivity index (χ4n) is 12.1. The summed E-state index contributed by atoms with van der Waals surface area (Å²) in [6.45, 7) is 10.1. The first kappa shape index (κ1) is 36.4. The summed E-state index contributed by atoms with van der Waals surface area (Å²) in [6.07, 6.45) is 8.34. The van der Waals surface area contributed by atoms with Crippen LogP contribution in [0.3, 0.4) is 0 Å². The number of aldehydes is 1. The van der Waals surface area contributed by atoms with Gasteiger partial charge in [0.1, 0.15) is 11.7 Å². The molecule has 1 N–H and O–H groups in total. The van der Waals surface area contributed by atoms with Gasteiger partial charge < -0.3 is 24.4 Å². The Morgan fingerprint density at radius 1 is 0.902 bits per heavy atom. The fourth-order valence-corrected chi connectivity index (χ4v) is 12.1. The quantitative estimate of drug-likeness (QED) is 0.186. The Kier molecular flexibility index (Phi) is 9.83. The van der Waals surface area contributed by atoms with Crippen LogP contribution in [0.4, 0.5) is 0 Å². The molecule has 1 aliphatic heterocycles. The van der Waals surface area contributed by atoms with E-state index >= 15 is 0 Å². The summed E-state index contributed by atoms with van der Waals surface area (Å²) in [5.74, 6) is 0.266. The van der Waals surface area contributed by atoms with Gasteiger partial charge in [0.05, 0.1) is 40.4 Å². The van der Waals surface area contributed by atoms with Crippen molar-refractivity contribution in [1.29, 1.82) is 0 Å². The molecule has 3 saturated carbocycles. The minimum atomic E-state index is -1.21. The van der Waals surface area contributed by atoms with Gasteiger partial charge in [0.25, 0.3) is 0 Å². The molecule has 1 saturated heterocycles. The topological polar surface area (TPSA) is 99.1 Å². The fraction of sp³-hybridized carbons (Fsp3) is 0.667. The van der Waals surface area contributed by atoms with E-state index < -0.39 is 22.2 Å². The van der Waals surface area contributed by atoms with Crippen molar-refractivity contribution < 1.29 is 19.4 Å². The molecule has 0 radical (unpaired) electrons. The van der Waals surface area contributed by atoms with Crippen molar-refractivity contribution in [3.05, 3.63) is 70.8 Å². The smallest absolute Gasteiger partial charge is 0.315 e. The van der Waals surface area contributed by atoms with Crippen LogP contribution in [0.15, 0.2) is 48.0 Å². The summed E-state index contributed by atoms with van der Waals surface area (Å²) in [7, 11) is 8.24. The van der Waals surface area contributed by atoms with Crippen LogP contribution in [0.25, 0.3) is 0 Å². The number of ether oxygens (including phenoxy) is 1. The summed E-state index contributed by atoms with van der Waals surface area (Å²) < 4.78 is 7.23. The van der Waals surface area contributed by atoms with E-state index in [-0.39, 0.29) is 30.0 Å². The molecule has 4 bridgehead atoms. The maximum absolute atomic E-state index is 14.1. The number of carboxylic acids is 1. The summed E-state index contributed by atoms with van der Waals surface area (Å²) in [6, 6.07) is 12.6. The number of nitrogens with zero attached hydrogens (tertiary/aromatic N) is 5. The van der Waals surface area contributed by atoms with E-state index in [0.29, 0.717) is 37.9 Å². The number of allylic oxidation sites excluding steroid dienone is 1. The molecule has 2 aromatic heterocycles. The minimum Gasteiger partial charge on any atom is -0.481 e. The van der Waals surface area contributed by atoms with Crippen molar-refractivity contribution in [2.75, 3.05) is 34.7 Å². The first-order valence-electron chi connectivity index (χ1n) is 19.3. The van der Waals surface area contributed by atoms with Gasteiger partial charge in [-0.3, -0.25) is 19.7 Å². The highest BCUT2D eigenvalue weighted by molar-refractivity contribution is 5.90. The monoisotopic (exact) mass is 697 g/mol. The summed E-state index contributed by atoms with van der Waals surface area (Å²) in [5, 5.41) is 11.5. The van der Waals surface area contributed by atoms with Crippen LogP contribution in [-0.4, -0.2) is 89.0 Å². The molecule has 0 amide bonds. The van der Waals surface area contributed by atoms with Crippen molar-refractivity contribution in [2.24, 2.45) is 45.8 Å². The van der Waals surface area contributed by atoms with Crippen LogP contribution in [0, 0.1) is 45.8 Å². The third-order valence-corrected chi connectivity index (χ3v) is 13.6. The average Bonchev–Trinajstić information content (AvgIpc) is 3.80. The highest BCUT2D eigenvalue weighted by atomic mass is 16.5. The van der Waals surface area contributed by atoms with Crippen molar-refractivity contribution in [1.82, 2.24) is 24.7 Å². The van der Waals surface area contributed by atoms with Gasteiger partial charge >= 0.3 is 5.97 Å². The van der Waals surface area contributed by atoms with E-state index in [1.165, 1.54) is 0 Å². The number of fused-ring (bicyclic) bond motifs is 2. The Bertz CT molecular complexity index is 1600. The van der Waals surface area contributed by atoms with Gasteiger partial charge in [0, 0.05) is 38.1 Å². The zero-order valence-electron chi connectivity index (χ0n) is 31.8. The second-order valence-corrected chi connectivity index (χ2v) is 17.6. The maximum atomic E-state index is 14.1. The van der Waals surface area contributed by atoms with E-state index in [2.05, 4.69) is 106 Å². The van der Waals surface area contributed by atoms with Gasteiger partial charge in [0.2, 0.25) is 0 Å². The number of carbonyl (C=O) groups is 2. The van der Waals surface area contributed by atoms with Gasteiger partial charge in [-0.2, -0.15) is 0 Å². The van der Waals surface area contributed by atoms with Crippen molar-refractivity contribution >= 4 is 12.3 Å². The van der Waals surface area contributed by atoms with Crippen LogP contribution in [0.1, 0.15) is 82.1 Å². The summed E-state index contributed by atoms with van der Waals surface area (Å²) in [4.78, 5) is 44.4. The van der Waals surface area contributed by atoms with Crippen molar-refractivity contribution in [3.8, 4) is 0 Å². The molecule has 3 heterocycles. The van der Waals surface area contributed by atoms with Crippen LogP contribution >= 0.6 is 0 Å². The lowest BCUT2D eigenvalue weighted by Gasteiger charge is -2.60. The number of aliphatic carboxylic acids is 1. The van der Waals surface area contributed by atoms with Gasteiger partial charge in [0.15, 0.2) is 0 Å². The summed E-state index contributed by atoms with van der Waals surface area (Å²) >= 11 is 0. The van der Waals surface area contributed by atoms with Crippen LogP contribution in [0.5, 0.6) is 0 Å². The molecular formula is C42H59N5O4. The number of rotatable bonds is 14. The second-order valence-electron chi connectivity index (χ2n) is 17.6. The number of carboxylic acid groups (broad SMARTS) is 1. The van der Waals surface area contributed by atoms with Crippen molar-refractivity contribution in [2.45, 2.75) is 97.7 Å². The molecule has 0 spiro atoms. The number of pyridine rings is 2. The Morgan fingerprint density at radius 3 is 2.02 bits per heavy atom. The van der Waals surface area contributed by atoms with Crippen LogP contribution < -0.4 is 0 Å². The predicted octanol–water partition coefficient (Wildman–Crippen LogP) is 6.07. The van der Waals surface area contributed by atoms with Gasteiger partial charge in [-0.25, -0.2) is 0 Å². The number of hydrogen-bond donors (Lipinski definition) is 1. The minimum absolute atomic E-state index is 0.0427. The molecule has 9 atom stereocenters. The highest BCUT2D eigenvalue weighted by Crippen LogP contribution is 2.84. The molecule has 51 heavy (non-hydrogen) atoms. The van der Waals surface area contributed by atoms with Gasteiger partial charge in [-0.1, -0.05) is 51.0 Å². The average molecular weight is 698 g/mol. The molecule has 276 valence electrons. The van der Waals surface area contributed by atoms with E-state index in [1.54, 1.807) is 0 Å². The molecule has 0 aromatic carbocycles. The van der Waals surface area contributed by atoms with Crippen LogP contribution in [0.2, 0.25) is 0 Å². The molecule has 7 rings (SSSR count). The Labute approximate surface area is 304 Å². The van der Waals surface area contributed by atoms with Crippen molar-refractivity contribution in [3.63, 3.8) is 0 Å². The number of carbonyl (C=O) groups excluding carboxylic acids is 1. The lowest BCUT2D eigenvalue weighted by Crippen LogP contribution is -2.65. The zero-order chi connectivity index (χ0) is 36.3. The Hall–Kier alpha value is -2.98. The van der Waals surface area contributed by atoms with E-state index in [0.717, 1.165) is 79.8 Å². The molecule has 6 unspecified atom stereocenters. The Balaban J connectivity index is 1.20. The molecule has 2 aromatic rings. The third-order valence-electron chi connectivity index (χ3n) is 13.6. The Morgan fingerprint density at radius 2 is 1.49 bits per heavy atom. The lowest BCUT2D eigenvalue weighted by molar-refractivity contribution is -0.197. The second kappa shape index (κ2) is 13.8. The summed E-state index contributed by atoms with van der Waals surface area (Å²) in [5.41, 5.74) is 2.41. The standard InChI is InChI=1S/C42H59N5O4/c1-27(2)37-18-29-19-40(26-48)36-16-14-28(3)35(36)20-41(29,42(37,40)39(49)50)38-17-15-34(51-38)25-47(23-32-12-8-10-30(43-32)21-45(4)5)24-33-13-9-11-31(44-33)22-46(6)7/h8-13,18,26-29,34-36,38H,14-17,19-25H2,1-7H3,(H,49,50)/t28-,29?,34?,35-,36-,38?,40?,41?,42?/m1/s1. The normalized spacial score (nSPS) is 35.3. The SMILES string of the molecule is CC(C)C1=CC2CC3(C=O)[C@@H]4CC[C@@H](C)[C@H]4CC2(C2CCC(CN(Cc4cccc(CN(C)C)n4)Cc4cccc(CN(C)C)n4)O2)C13C(=O)O. The van der Waals surface area contributed by atoms with E-state index in [1.807, 2.05) is 0 Å². The maximum Gasteiger partial charge on any atom is 0.315 e. The zero-order valence-corrected chi connectivity index (χ0v) is 31.8. The molecule has 9 heteroatoms. The number of aromatic nitrogens is 2. The third kappa shape index (κ3) is 5.81. The van der Waals surface area contributed by atoms with E-state index in [4.69, 9.17) is 14.7 Å². The molecule has 9 nitrogen and oxygen atoms in total. The molecular weight excluding hydrogens is 638 g/mol. The molecule has 5 aliphatic rings. The lowest BCUT2D eigenvalue weighted by atomic mass is 9.41. The highest BCUT2D eigenvalue weighted by Gasteiger charge is 2.86. The van der Waals surface area contributed by atoms with Crippen LogP contribution in [-0.2, 0) is 40.5 Å². The first-order valence-corrected chi connectivity index (χ1v) is 19.3. The van der Waals surface area contributed by atoms with Gasteiger partial charge in [-0.15, -0.1) is 0 Å².